The molecular formula is C10H14O4S. The highest BCUT2D eigenvalue weighted by atomic mass is 32.2. The normalized spacial score (nSPS) is 9.87. The first-order chi connectivity index (χ1) is 7.10. The van der Waals surface area contributed by atoms with Gasteiger partial charge in [0.15, 0.2) is 0 Å². The van der Waals surface area contributed by atoms with E-state index in [2.05, 4.69) is 6.08 Å². The largest absolute Gasteiger partial charge is 0.497 e. The summed E-state index contributed by atoms with van der Waals surface area (Å²) in [5.74, 6) is 0.901. The van der Waals surface area contributed by atoms with Crippen LogP contribution < -0.4 is 4.74 Å². The first-order valence-electron chi connectivity index (χ1n) is 4.20. The lowest BCUT2D eigenvalue weighted by Gasteiger charge is -1.98. The maximum Gasteiger partial charge on any atom is 0.254 e. The molecule has 0 radical (unpaired) electrons. The molecule has 0 aliphatic heterocycles. The lowest BCUT2D eigenvalue weighted by Crippen LogP contribution is -1.80. The van der Waals surface area contributed by atoms with Crippen LogP contribution in [-0.2, 0) is 11.0 Å². The SMILES string of the molecule is C/C=C/c1ccc(OC)cc1.O=[SH](=O)O. The van der Waals surface area contributed by atoms with E-state index in [4.69, 9.17) is 17.7 Å². The maximum atomic E-state index is 8.59. The van der Waals surface area contributed by atoms with Gasteiger partial charge in [-0.25, -0.2) is 8.42 Å². The first kappa shape index (κ1) is 13.7. The number of benzene rings is 1. The van der Waals surface area contributed by atoms with E-state index in [9.17, 15) is 0 Å². The van der Waals surface area contributed by atoms with Crippen LogP contribution in [0.15, 0.2) is 30.3 Å². The van der Waals surface area contributed by atoms with Crippen molar-refractivity contribution in [1.82, 2.24) is 0 Å². The van der Waals surface area contributed by atoms with E-state index < -0.39 is 11.0 Å². The minimum Gasteiger partial charge on any atom is -0.497 e. The molecule has 84 valence electrons. The quantitative estimate of drug-likeness (QED) is 0.600. The van der Waals surface area contributed by atoms with Crippen molar-refractivity contribution in [2.75, 3.05) is 7.11 Å². The molecule has 0 aromatic heterocycles. The third-order valence-electron chi connectivity index (χ3n) is 1.47. The molecule has 1 N–H and O–H groups in total. The predicted molar refractivity (Wildman–Crippen MR) is 60.6 cm³/mol. The maximum absolute atomic E-state index is 8.59. The minimum atomic E-state index is -3.12. The van der Waals surface area contributed by atoms with Crippen molar-refractivity contribution in [2.45, 2.75) is 6.92 Å². The van der Waals surface area contributed by atoms with Crippen molar-refractivity contribution in [1.29, 1.82) is 0 Å². The molecule has 0 aliphatic carbocycles. The Bertz CT molecular complexity index is 358. The smallest absolute Gasteiger partial charge is 0.254 e. The van der Waals surface area contributed by atoms with Crippen LogP contribution in [0.2, 0.25) is 0 Å². The summed E-state index contributed by atoms with van der Waals surface area (Å²) in [6, 6.07) is 7.96. The van der Waals surface area contributed by atoms with Gasteiger partial charge >= 0.3 is 0 Å². The average molecular weight is 230 g/mol. The van der Waals surface area contributed by atoms with E-state index in [1.54, 1.807) is 7.11 Å². The standard InChI is InChI=1S/C10H12O.H2O3S/c1-3-4-9-5-7-10(11-2)8-6-9;1-4(2)3/h3-8H,1-2H3;4H,(H,1,2,3)/b4-3+;. The van der Waals surface area contributed by atoms with Gasteiger partial charge in [-0.1, -0.05) is 24.3 Å². The number of methoxy groups -OCH3 is 1. The van der Waals surface area contributed by atoms with E-state index >= 15 is 0 Å². The van der Waals surface area contributed by atoms with Gasteiger partial charge in [0, 0.05) is 0 Å². The Balaban J connectivity index is 0.000000423. The third-order valence-corrected chi connectivity index (χ3v) is 1.47. The molecule has 5 heteroatoms. The Morgan fingerprint density at radius 3 is 2.07 bits per heavy atom. The molecule has 0 aliphatic rings. The zero-order valence-corrected chi connectivity index (χ0v) is 9.48. The zero-order valence-electron chi connectivity index (χ0n) is 8.58. The monoisotopic (exact) mass is 230 g/mol. The van der Waals surface area contributed by atoms with Gasteiger partial charge in [-0.2, -0.15) is 0 Å². The molecule has 0 unspecified atom stereocenters. The van der Waals surface area contributed by atoms with Crippen molar-refractivity contribution in [3.63, 3.8) is 0 Å². The Kier molecular flexibility index (Phi) is 7.31. The van der Waals surface area contributed by atoms with Gasteiger partial charge in [0.25, 0.3) is 11.0 Å². The summed E-state index contributed by atoms with van der Waals surface area (Å²) in [5.41, 5.74) is 1.20. The van der Waals surface area contributed by atoms with Crippen molar-refractivity contribution in [3.05, 3.63) is 35.9 Å². The Hall–Kier alpha value is -1.33. The summed E-state index contributed by atoms with van der Waals surface area (Å²) in [7, 11) is -1.45. The molecule has 0 spiro atoms. The van der Waals surface area contributed by atoms with Crippen LogP contribution in [0.25, 0.3) is 6.08 Å². The molecule has 1 rings (SSSR count). The van der Waals surface area contributed by atoms with Crippen LogP contribution in [0.4, 0.5) is 0 Å². The lowest BCUT2D eigenvalue weighted by molar-refractivity contribution is 0.415. The van der Waals surface area contributed by atoms with Crippen molar-refractivity contribution in [3.8, 4) is 5.75 Å². The molecular weight excluding hydrogens is 216 g/mol. The summed E-state index contributed by atoms with van der Waals surface area (Å²) in [5, 5.41) is 0. The second kappa shape index (κ2) is 8.02. The van der Waals surface area contributed by atoms with Crippen molar-refractivity contribution >= 4 is 17.1 Å². The van der Waals surface area contributed by atoms with Gasteiger partial charge in [-0.3, -0.25) is 4.55 Å². The third kappa shape index (κ3) is 7.72. The number of hydrogen-bond donors (Lipinski definition) is 2. The van der Waals surface area contributed by atoms with Crippen LogP contribution in [0.3, 0.4) is 0 Å². The first-order valence-corrected chi connectivity index (χ1v) is 5.33. The summed E-state index contributed by atoms with van der Waals surface area (Å²) in [4.78, 5) is 0. The van der Waals surface area contributed by atoms with Crippen LogP contribution in [0.5, 0.6) is 5.75 Å². The molecule has 0 saturated heterocycles. The summed E-state index contributed by atoms with van der Waals surface area (Å²) < 4.78 is 29.2. The molecule has 0 saturated carbocycles. The highest BCUT2D eigenvalue weighted by Crippen LogP contribution is 2.11. The Morgan fingerprint density at radius 1 is 1.27 bits per heavy atom. The van der Waals surface area contributed by atoms with Gasteiger partial charge < -0.3 is 4.74 Å². The van der Waals surface area contributed by atoms with Crippen molar-refractivity contribution < 1.29 is 17.7 Å². The molecule has 0 fully saturated rings. The number of hydrogen-bond acceptors (Lipinski definition) is 3. The minimum absolute atomic E-state index is 0.901. The van der Waals surface area contributed by atoms with Gasteiger partial charge in [0.2, 0.25) is 0 Å². The molecule has 1 aromatic rings. The van der Waals surface area contributed by atoms with Crippen LogP contribution in [0.1, 0.15) is 12.5 Å². The topological polar surface area (TPSA) is 63.6 Å². The fourth-order valence-electron chi connectivity index (χ4n) is 0.907. The zero-order chi connectivity index (χ0) is 11.7. The fraction of sp³-hybridized carbons (Fsp3) is 0.200. The molecule has 4 nitrogen and oxygen atoms in total. The van der Waals surface area contributed by atoms with Gasteiger partial charge in [0.1, 0.15) is 5.75 Å². The second-order valence-corrected chi connectivity index (χ2v) is 2.99. The van der Waals surface area contributed by atoms with Crippen LogP contribution >= 0.6 is 0 Å². The number of ether oxygens (including phenoxy) is 1. The fourth-order valence-corrected chi connectivity index (χ4v) is 0.907. The Labute approximate surface area is 91.0 Å². The van der Waals surface area contributed by atoms with Gasteiger partial charge in [-0.15, -0.1) is 0 Å². The summed E-state index contributed by atoms with van der Waals surface area (Å²) in [6.45, 7) is 2.00. The molecule has 0 bridgehead atoms. The molecule has 0 amide bonds. The highest BCUT2D eigenvalue weighted by molar-refractivity contribution is 7.66. The van der Waals surface area contributed by atoms with E-state index in [0.717, 1.165) is 5.75 Å². The highest BCUT2D eigenvalue weighted by Gasteiger charge is 1.87. The molecule has 0 atom stereocenters. The van der Waals surface area contributed by atoms with E-state index in [1.165, 1.54) is 5.56 Å². The average Bonchev–Trinajstić information content (AvgIpc) is 2.19. The van der Waals surface area contributed by atoms with Gasteiger partial charge in [0.05, 0.1) is 7.11 Å². The molecule has 15 heavy (non-hydrogen) atoms. The van der Waals surface area contributed by atoms with Crippen LogP contribution in [0, 0.1) is 0 Å². The number of allylic oxidation sites excluding steroid dienone is 1. The van der Waals surface area contributed by atoms with E-state index in [0.29, 0.717) is 0 Å². The summed E-state index contributed by atoms with van der Waals surface area (Å²) in [6.07, 6.45) is 4.07. The lowest BCUT2D eigenvalue weighted by atomic mass is 10.2. The van der Waals surface area contributed by atoms with E-state index in [1.807, 2.05) is 37.3 Å². The van der Waals surface area contributed by atoms with Crippen molar-refractivity contribution in [2.24, 2.45) is 0 Å². The number of rotatable bonds is 2. The Morgan fingerprint density at radius 2 is 1.73 bits per heavy atom. The van der Waals surface area contributed by atoms with Crippen LogP contribution in [-0.4, -0.2) is 20.1 Å². The second-order valence-electron chi connectivity index (χ2n) is 2.51. The molecule has 1 aromatic carbocycles. The van der Waals surface area contributed by atoms with Gasteiger partial charge in [-0.05, 0) is 24.6 Å². The number of thiol groups is 1. The van der Waals surface area contributed by atoms with E-state index in [-0.39, 0.29) is 0 Å². The molecule has 0 heterocycles. The predicted octanol–water partition coefficient (Wildman–Crippen LogP) is 1.80. The summed E-state index contributed by atoms with van der Waals surface area (Å²) >= 11 is 0.